The van der Waals surface area contributed by atoms with Gasteiger partial charge in [0.05, 0.1) is 33.4 Å². The molecule has 1 amide bonds. The van der Waals surface area contributed by atoms with Crippen LogP contribution in [0.15, 0.2) is 48.5 Å². The lowest BCUT2D eigenvalue weighted by atomic mass is 10.1. The van der Waals surface area contributed by atoms with E-state index in [0.717, 1.165) is 24.0 Å². The van der Waals surface area contributed by atoms with E-state index in [1.165, 1.54) is 5.56 Å². The van der Waals surface area contributed by atoms with Crippen LogP contribution in [-0.4, -0.2) is 44.7 Å². The zero-order valence-electron chi connectivity index (χ0n) is 15.3. The Balaban J connectivity index is 1.79. The van der Waals surface area contributed by atoms with E-state index in [-0.39, 0.29) is 5.91 Å². The van der Waals surface area contributed by atoms with Crippen LogP contribution in [0.1, 0.15) is 22.3 Å². The molecule has 134 valence electrons. The number of carbonyl (C=O) groups excluding carboxylic acids is 1. The normalized spacial score (nSPS) is 11.2. The Morgan fingerprint density at radius 2 is 1.88 bits per heavy atom. The average Bonchev–Trinajstić information content (AvgIpc) is 2.59. The second kappa shape index (κ2) is 8.53. The molecular formula is C20H28N3O2+. The van der Waals surface area contributed by atoms with Gasteiger partial charge in [-0.15, -0.1) is 0 Å². The molecule has 0 saturated heterocycles. The first-order chi connectivity index (χ1) is 11.9. The molecule has 0 radical (unpaired) electrons. The van der Waals surface area contributed by atoms with E-state index in [4.69, 9.17) is 10.5 Å². The molecule has 0 fully saturated rings. The van der Waals surface area contributed by atoms with Crippen molar-refractivity contribution >= 4 is 11.6 Å². The predicted molar refractivity (Wildman–Crippen MR) is 101 cm³/mol. The van der Waals surface area contributed by atoms with Gasteiger partial charge < -0.3 is 20.3 Å². The SMILES string of the molecule is COc1ccc(C[N+](C)(C)CCCNC(=O)c2ccccc2)cc1N. The fourth-order valence-electron chi connectivity index (χ4n) is 2.86. The molecule has 5 nitrogen and oxygen atoms in total. The average molecular weight is 342 g/mol. The van der Waals surface area contributed by atoms with Gasteiger partial charge in [0, 0.05) is 24.1 Å². The smallest absolute Gasteiger partial charge is 0.251 e. The van der Waals surface area contributed by atoms with Crippen LogP contribution >= 0.6 is 0 Å². The molecule has 0 atom stereocenters. The first-order valence-electron chi connectivity index (χ1n) is 8.49. The molecule has 0 unspecified atom stereocenters. The summed E-state index contributed by atoms with van der Waals surface area (Å²) in [6, 6.07) is 15.2. The van der Waals surface area contributed by atoms with Gasteiger partial charge in [0.25, 0.3) is 5.91 Å². The minimum Gasteiger partial charge on any atom is -0.495 e. The van der Waals surface area contributed by atoms with E-state index in [1.54, 1.807) is 7.11 Å². The number of nitrogens with two attached hydrogens (primary N) is 1. The number of methoxy groups -OCH3 is 1. The van der Waals surface area contributed by atoms with Gasteiger partial charge in [-0.3, -0.25) is 4.79 Å². The Morgan fingerprint density at radius 3 is 2.52 bits per heavy atom. The van der Waals surface area contributed by atoms with Gasteiger partial charge in [0.15, 0.2) is 0 Å². The Bertz CT molecular complexity index is 699. The maximum atomic E-state index is 12.0. The van der Waals surface area contributed by atoms with Crippen molar-refractivity contribution < 1.29 is 14.0 Å². The van der Waals surface area contributed by atoms with Crippen molar-refractivity contribution in [2.45, 2.75) is 13.0 Å². The summed E-state index contributed by atoms with van der Waals surface area (Å²) in [6.07, 6.45) is 0.914. The van der Waals surface area contributed by atoms with Crippen molar-refractivity contribution in [3.8, 4) is 5.75 Å². The standard InChI is InChI=1S/C20H27N3O2/c1-23(2,15-16-10-11-19(25-3)18(21)14-16)13-7-12-22-20(24)17-8-5-4-6-9-17/h4-6,8-11,14H,7,12-13,15,21H2,1-3H3/p+1. The van der Waals surface area contributed by atoms with Gasteiger partial charge in [-0.25, -0.2) is 0 Å². The third kappa shape index (κ3) is 5.80. The minimum absolute atomic E-state index is 0.0196. The summed E-state index contributed by atoms with van der Waals surface area (Å²) in [7, 11) is 5.98. The molecule has 0 aliphatic carbocycles. The first-order valence-corrected chi connectivity index (χ1v) is 8.49. The lowest BCUT2D eigenvalue weighted by Crippen LogP contribution is -2.41. The lowest BCUT2D eigenvalue weighted by molar-refractivity contribution is -0.903. The van der Waals surface area contributed by atoms with E-state index in [9.17, 15) is 4.79 Å². The summed E-state index contributed by atoms with van der Waals surface area (Å²) in [6.45, 7) is 2.50. The van der Waals surface area contributed by atoms with E-state index < -0.39 is 0 Å². The Hall–Kier alpha value is -2.53. The predicted octanol–water partition coefficient (Wildman–Crippen LogP) is 2.67. The van der Waals surface area contributed by atoms with Crippen molar-refractivity contribution in [3.05, 3.63) is 59.7 Å². The van der Waals surface area contributed by atoms with Crippen molar-refractivity contribution in [1.82, 2.24) is 5.32 Å². The number of hydrogen-bond donors (Lipinski definition) is 2. The molecule has 0 heterocycles. The van der Waals surface area contributed by atoms with Gasteiger partial charge >= 0.3 is 0 Å². The Kier molecular flexibility index (Phi) is 6.42. The summed E-state index contributed by atoms with van der Waals surface area (Å²) in [5.74, 6) is 0.687. The molecule has 0 aliphatic heterocycles. The van der Waals surface area contributed by atoms with Crippen molar-refractivity contribution in [1.29, 1.82) is 0 Å². The highest BCUT2D eigenvalue weighted by molar-refractivity contribution is 5.94. The third-order valence-corrected chi connectivity index (χ3v) is 4.17. The molecule has 2 rings (SSSR count). The molecule has 2 aromatic carbocycles. The van der Waals surface area contributed by atoms with Gasteiger partial charge in [-0.05, 0) is 30.3 Å². The minimum atomic E-state index is -0.0196. The number of quaternary nitrogens is 1. The molecule has 0 spiro atoms. The first kappa shape index (κ1) is 18.8. The molecule has 0 aromatic heterocycles. The van der Waals surface area contributed by atoms with E-state index in [1.807, 2.05) is 48.5 Å². The highest BCUT2D eigenvalue weighted by atomic mass is 16.5. The zero-order chi connectivity index (χ0) is 18.3. The Labute approximate surface area is 150 Å². The lowest BCUT2D eigenvalue weighted by Gasteiger charge is -2.30. The van der Waals surface area contributed by atoms with Gasteiger partial charge in [-0.2, -0.15) is 0 Å². The summed E-state index contributed by atoms with van der Waals surface area (Å²) < 4.78 is 6.02. The second-order valence-corrected chi connectivity index (χ2v) is 6.87. The van der Waals surface area contributed by atoms with Crippen LogP contribution in [0.25, 0.3) is 0 Å². The summed E-state index contributed by atoms with van der Waals surface area (Å²) in [5.41, 5.74) is 8.52. The summed E-state index contributed by atoms with van der Waals surface area (Å²) >= 11 is 0. The number of nitrogens with zero attached hydrogens (tertiary/aromatic N) is 1. The number of rotatable bonds is 8. The number of hydrogen-bond acceptors (Lipinski definition) is 3. The monoisotopic (exact) mass is 342 g/mol. The molecule has 0 aliphatic rings. The van der Waals surface area contributed by atoms with Crippen molar-refractivity contribution in [2.24, 2.45) is 0 Å². The topological polar surface area (TPSA) is 64.3 Å². The number of ether oxygens (including phenoxy) is 1. The van der Waals surface area contributed by atoms with Gasteiger partial charge in [0.1, 0.15) is 12.3 Å². The highest BCUT2D eigenvalue weighted by Crippen LogP contribution is 2.23. The number of benzene rings is 2. The highest BCUT2D eigenvalue weighted by Gasteiger charge is 2.16. The second-order valence-electron chi connectivity index (χ2n) is 6.87. The van der Waals surface area contributed by atoms with Crippen LogP contribution < -0.4 is 15.8 Å². The van der Waals surface area contributed by atoms with Crippen LogP contribution in [0, 0.1) is 0 Å². The quantitative estimate of drug-likeness (QED) is 0.440. The molecule has 0 bridgehead atoms. The molecule has 2 aromatic rings. The number of nitrogens with one attached hydrogen (secondary N) is 1. The van der Waals surface area contributed by atoms with E-state index in [2.05, 4.69) is 19.4 Å². The van der Waals surface area contributed by atoms with E-state index in [0.29, 0.717) is 23.5 Å². The Morgan fingerprint density at radius 1 is 1.16 bits per heavy atom. The van der Waals surface area contributed by atoms with Crippen molar-refractivity contribution in [3.63, 3.8) is 0 Å². The fourth-order valence-corrected chi connectivity index (χ4v) is 2.86. The molecule has 5 heteroatoms. The van der Waals surface area contributed by atoms with E-state index >= 15 is 0 Å². The molecule has 3 N–H and O–H groups in total. The van der Waals surface area contributed by atoms with Crippen LogP contribution in [0.2, 0.25) is 0 Å². The fraction of sp³-hybridized carbons (Fsp3) is 0.350. The summed E-state index contributed by atoms with van der Waals surface area (Å²) in [5, 5.41) is 2.97. The van der Waals surface area contributed by atoms with Crippen LogP contribution in [0.3, 0.4) is 0 Å². The van der Waals surface area contributed by atoms with Crippen LogP contribution in [0.5, 0.6) is 5.75 Å². The van der Waals surface area contributed by atoms with Crippen LogP contribution in [-0.2, 0) is 6.54 Å². The number of amides is 1. The maximum absolute atomic E-state index is 12.0. The summed E-state index contributed by atoms with van der Waals surface area (Å²) in [4.78, 5) is 12.0. The van der Waals surface area contributed by atoms with Gasteiger partial charge in [-0.1, -0.05) is 18.2 Å². The molecule has 25 heavy (non-hydrogen) atoms. The van der Waals surface area contributed by atoms with Crippen LogP contribution in [0.4, 0.5) is 5.69 Å². The zero-order valence-corrected chi connectivity index (χ0v) is 15.3. The number of nitrogen functional groups attached to an aromatic ring is 1. The largest absolute Gasteiger partial charge is 0.495 e. The molecular weight excluding hydrogens is 314 g/mol. The third-order valence-electron chi connectivity index (χ3n) is 4.17. The maximum Gasteiger partial charge on any atom is 0.251 e. The molecule has 0 saturated carbocycles. The number of carbonyl (C=O) groups is 1. The van der Waals surface area contributed by atoms with Crippen molar-refractivity contribution in [2.75, 3.05) is 40.0 Å². The van der Waals surface area contributed by atoms with Gasteiger partial charge in [0.2, 0.25) is 0 Å². The number of anilines is 1.